The van der Waals surface area contributed by atoms with Gasteiger partial charge in [0.25, 0.3) is 0 Å². The minimum atomic E-state index is 0.498. The quantitative estimate of drug-likeness (QED) is 0.848. The highest BCUT2D eigenvalue weighted by molar-refractivity contribution is 5.25. The number of piperidine rings is 1. The molecule has 7 nitrogen and oxygen atoms in total. The summed E-state index contributed by atoms with van der Waals surface area (Å²) in [7, 11) is 0. The minimum absolute atomic E-state index is 0.498. The van der Waals surface area contributed by atoms with E-state index < -0.39 is 0 Å². The fourth-order valence-corrected chi connectivity index (χ4v) is 2.92. The fourth-order valence-electron chi connectivity index (χ4n) is 2.92. The maximum absolute atomic E-state index is 5.49. The van der Waals surface area contributed by atoms with Crippen molar-refractivity contribution >= 4 is 6.01 Å². The van der Waals surface area contributed by atoms with Gasteiger partial charge in [-0.2, -0.15) is 0 Å². The highest BCUT2D eigenvalue weighted by Gasteiger charge is 2.31. The largest absolute Gasteiger partial charge is 0.408 e. The van der Waals surface area contributed by atoms with Gasteiger partial charge in [-0.05, 0) is 25.7 Å². The van der Waals surface area contributed by atoms with E-state index in [4.69, 9.17) is 4.42 Å². The number of rotatable bonds is 3. The molecule has 20 heavy (non-hydrogen) atoms. The predicted molar refractivity (Wildman–Crippen MR) is 71.5 cm³/mol. The third kappa shape index (κ3) is 2.07. The summed E-state index contributed by atoms with van der Waals surface area (Å²) in [6, 6.07) is 1.29. The number of anilines is 1. The Balaban J connectivity index is 1.45. The van der Waals surface area contributed by atoms with Crippen LogP contribution in [0.3, 0.4) is 0 Å². The van der Waals surface area contributed by atoms with E-state index in [1.165, 1.54) is 12.8 Å². The Morgan fingerprint density at radius 1 is 1.10 bits per heavy atom. The third-order valence-corrected chi connectivity index (χ3v) is 4.19. The molecule has 2 aromatic rings. The fraction of sp³-hybridized carbons (Fsp3) is 0.692. The summed E-state index contributed by atoms with van der Waals surface area (Å²) in [4.78, 5) is 2.16. The van der Waals surface area contributed by atoms with Crippen molar-refractivity contribution in [3.63, 3.8) is 0 Å². The van der Waals surface area contributed by atoms with Crippen molar-refractivity contribution in [2.45, 2.75) is 44.6 Å². The average Bonchev–Trinajstić information content (AvgIpc) is 3.04. The van der Waals surface area contributed by atoms with Crippen LogP contribution < -0.4 is 4.90 Å². The van der Waals surface area contributed by atoms with Gasteiger partial charge >= 0.3 is 6.01 Å². The molecule has 0 aromatic carbocycles. The summed E-state index contributed by atoms with van der Waals surface area (Å²) in [6.45, 7) is 3.69. The number of nitrogens with zero attached hydrogens (tertiary/aromatic N) is 6. The number of hydrogen-bond acceptors (Lipinski definition) is 6. The molecule has 0 N–H and O–H groups in total. The summed E-state index contributed by atoms with van der Waals surface area (Å²) < 4.78 is 7.77. The smallest absolute Gasteiger partial charge is 0.318 e. The molecule has 2 aromatic heterocycles. The molecular formula is C13H18N6O. The third-order valence-electron chi connectivity index (χ3n) is 4.19. The zero-order valence-electron chi connectivity index (χ0n) is 11.6. The van der Waals surface area contributed by atoms with Gasteiger partial charge in [0.05, 0.1) is 0 Å². The second-order valence-corrected chi connectivity index (χ2v) is 5.69. The van der Waals surface area contributed by atoms with Crippen LogP contribution in [0.15, 0.2) is 10.7 Å². The maximum atomic E-state index is 5.49. The van der Waals surface area contributed by atoms with Gasteiger partial charge in [-0.3, -0.25) is 0 Å². The van der Waals surface area contributed by atoms with Crippen LogP contribution in [-0.4, -0.2) is 38.1 Å². The Morgan fingerprint density at radius 3 is 2.55 bits per heavy atom. The molecule has 2 fully saturated rings. The zero-order chi connectivity index (χ0) is 13.5. The van der Waals surface area contributed by atoms with Crippen molar-refractivity contribution in [2.75, 3.05) is 18.0 Å². The van der Waals surface area contributed by atoms with Crippen molar-refractivity contribution in [1.29, 1.82) is 0 Å². The second kappa shape index (κ2) is 4.57. The van der Waals surface area contributed by atoms with Gasteiger partial charge < -0.3 is 13.9 Å². The van der Waals surface area contributed by atoms with Crippen molar-refractivity contribution in [3.05, 3.63) is 18.0 Å². The monoisotopic (exact) mass is 274 g/mol. The number of aryl methyl sites for hydroxylation is 1. The van der Waals surface area contributed by atoms with Crippen LogP contribution in [0.25, 0.3) is 0 Å². The zero-order valence-corrected chi connectivity index (χ0v) is 11.6. The first-order chi connectivity index (χ1) is 9.81. The Kier molecular flexibility index (Phi) is 2.71. The van der Waals surface area contributed by atoms with Crippen molar-refractivity contribution < 1.29 is 4.42 Å². The van der Waals surface area contributed by atoms with E-state index in [9.17, 15) is 0 Å². The van der Waals surface area contributed by atoms with E-state index in [1.807, 2.05) is 13.3 Å². The van der Waals surface area contributed by atoms with Crippen molar-refractivity contribution in [3.8, 4) is 0 Å². The first-order valence-corrected chi connectivity index (χ1v) is 7.26. The normalized spacial score (nSPS) is 20.6. The summed E-state index contributed by atoms with van der Waals surface area (Å²) in [5.41, 5.74) is 0. The van der Waals surface area contributed by atoms with Crippen LogP contribution in [-0.2, 0) is 0 Å². The van der Waals surface area contributed by atoms with E-state index in [1.54, 1.807) is 0 Å². The molecule has 4 rings (SSSR count). The molecule has 0 bridgehead atoms. The van der Waals surface area contributed by atoms with Gasteiger partial charge in [-0.25, -0.2) is 0 Å². The highest BCUT2D eigenvalue weighted by Crippen LogP contribution is 2.38. The van der Waals surface area contributed by atoms with Gasteiger partial charge in [-0.15, -0.1) is 15.3 Å². The van der Waals surface area contributed by atoms with E-state index in [-0.39, 0.29) is 0 Å². The molecule has 0 radical (unpaired) electrons. The molecular weight excluding hydrogens is 256 g/mol. The van der Waals surface area contributed by atoms with E-state index in [0.29, 0.717) is 23.9 Å². The summed E-state index contributed by atoms with van der Waals surface area (Å²) >= 11 is 0. The van der Waals surface area contributed by atoms with Gasteiger partial charge in [0.15, 0.2) is 0 Å². The molecule has 1 saturated carbocycles. The Labute approximate surface area is 117 Å². The lowest BCUT2D eigenvalue weighted by Crippen LogP contribution is -2.33. The molecule has 3 heterocycles. The van der Waals surface area contributed by atoms with Crippen LogP contribution in [0.1, 0.15) is 49.4 Å². The molecule has 2 aliphatic rings. The summed E-state index contributed by atoms with van der Waals surface area (Å²) in [5.74, 6) is 2.28. The first-order valence-electron chi connectivity index (χ1n) is 7.26. The Hall–Kier alpha value is -1.92. The average molecular weight is 274 g/mol. The minimum Gasteiger partial charge on any atom is -0.408 e. The predicted octanol–water partition coefficient (Wildman–Crippen LogP) is 1.69. The van der Waals surface area contributed by atoms with Crippen LogP contribution in [0, 0.1) is 6.92 Å². The standard InChI is InChI=1S/C13H18N6O/c1-9-15-17-13(20-9)18-6-4-10(5-7-18)12-16-14-8-19(12)11-2-3-11/h8,10-11H,2-7H2,1H3. The molecule has 7 heteroatoms. The first kappa shape index (κ1) is 11.9. The summed E-state index contributed by atoms with van der Waals surface area (Å²) in [6.07, 6.45) is 6.55. The molecule has 0 spiro atoms. The van der Waals surface area contributed by atoms with E-state index >= 15 is 0 Å². The summed E-state index contributed by atoms with van der Waals surface area (Å²) in [5, 5.41) is 16.4. The molecule has 106 valence electrons. The van der Waals surface area contributed by atoms with Gasteiger partial charge in [-0.1, -0.05) is 5.10 Å². The Bertz CT molecular complexity index is 594. The molecule has 0 amide bonds. The Morgan fingerprint density at radius 2 is 1.90 bits per heavy atom. The van der Waals surface area contributed by atoms with Crippen LogP contribution >= 0.6 is 0 Å². The topological polar surface area (TPSA) is 72.9 Å². The number of aromatic nitrogens is 5. The highest BCUT2D eigenvalue weighted by atomic mass is 16.4. The van der Waals surface area contributed by atoms with Crippen molar-refractivity contribution in [1.82, 2.24) is 25.0 Å². The number of hydrogen-bond donors (Lipinski definition) is 0. The van der Waals surface area contributed by atoms with E-state index in [2.05, 4.69) is 29.9 Å². The van der Waals surface area contributed by atoms with Crippen LogP contribution in [0.2, 0.25) is 0 Å². The van der Waals surface area contributed by atoms with Gasteiger partial charge in [0, 0.05) is 32.0 Å². The molecule has 0 unspecified atom stereocenters. The van der Waals surface area contributed by atoms with Gasteiger partial charge in [0.1, 0.15) is 12.2 Å². The molecule has 1 aliphatic carbocycles. The van der Waals surface area contributed by atoms with Crippen LogP contribution in [0.4, 0.5) is 6.01 Å². The maximum Gasteiger partial charge on any atom is 0.318 e. The second-order valence-electron chi connectivity index (χ2n) is 5.69. The molecule has 1 saturated heterocycles. The SMILES string of the molecule is Cc1nnc(N2CCC(c3nncn3C3CC3)CC2)o1. The molecule has 1 aliphatic heterocycles. The van der Waals surface area contributed by atoms with Gasteiger partial charge in [0.2, 0.25) is 5.89 Å². The lowest BCUT2D eigenvalue weighted by Gasteiger charge is -2.30. The lowest BCUT2D eigenvalue weighted by atomic mass is 9.96. The van der Waals surface area contributed by atoms with Crippen molar-refractivity contribution in [2.24, 2.45) is 0 Å². The van der Waals surface area contributed by atoms with Crippen LogP contribution in [0.5, 0.6) is 0 Å². The molecule has 0 atom stereocenters. The lowest BCUT2D eigenvalue weighted by molar-refractivity contribution is 0.430. The van der Waals surface area contributed by atoms with E-state index in [0.717, 1.165) is 31.8 Å².